The van der Waals surface area contributed by atoms with Crippen molar-refractivity contribution in [3.63, 3.8) is 0 Å². The Morgan fingerprint density at radius 1 is 1.22 bits per heavy atom. The van der Waals surface area contributed by atoms with E-state index in [1.165, 1.54) is 56.5 Å². The van der Waals surface area contributed by atoms with Crippen LogP contribution in [-0.2, 0) is 13.6 Å². The molecular weight excluding hydrogens is 533 g/mol. The van der Waals surface area contributed by atoms with E-state index in [-0.39, 0.29) is 24.0 Å². The lowest BCUT2D eigenvalue weighted by atomic mass is 9.97. The van der Waals surface area contributed by atoms with E-state index in [2.05, 4.69) is 50.2 Å². The molecule has 2 aliphatic rings. The van der Waals surface area contributed by atoms with E-state index in [0.717, 1.165) is 30.1 Å². The Hall–Kier alpha value is -1.20. The van der Waals surface area contributed by atoms with E-state index in [9.17, 15) is 0 Å². The molecule has 1 saturated heterocycles. The lowest BCUT2D eigenvalue weighted by molar-refractivity contribution is 0.140. The van der Waals surface area contributed by atoms with Gasteiger partial charge in [-0.1, -0.05) is 25.8 Å². The van der Waals surface area contributed by atoms with Crippen LogP contribution in [0.4, 0.5) is 0 Å². The number of thiophene rings is 1. The second-order valence-electron chi connectivity index (χ2n) is 9.14. The van der Waals surface area contributed by atoms with Crippen molar-refractivity contribution in [3.8, 4) is 0 Å². The summed E-state index contributed by atoms with van der Waals surface area (Å²) >= 11 is 1.86. The van der Waals surface area contributed by atoms with Gasteiger partial charge in [0.15, 0.2) is 11.8 Å². The molecule has 4 rings (SSSR count). The number of halogens is 1. The minimum Gasteiger partial charge on any atom is -0.354 e. The second kappa shape index (κ2) is 12.3. The first-order chi connectivity index (χ1) is 15.1. The van der Waals surface area contributed by atoms with Gasteiger partial charge in [0.05, 0.1) is 6.04 Å². The van der Waals surface area contributed by atoms with E-state index in [1.807, 2.05) is 29.9 Å². The van der Waals surface area contributed by atoms with Crippen LogP contribution in [0.3, 0.4) is 0 Å². The molecule has 7 nitrogen and oxygen atoms in total. The summed E-state index contributed by atoms with van der Waals surface area (Å²) in [7, 11) is 2.00. The van der Waals surface area contributed by atoms with Crippen LogP contribution in [0.1, 0.15) is 68.0 Å². The highest BCUT2D eigenvalue weighted by Crippen LogP contribution is 2.29. The van der Waals surface area contributed by atoms with Crippen LogP contribution in [0, 0.1) is 12.8 Å². The molecule has 9 heteroatoms. The van der Waals surface area contributed by atoms with Gasteiger partial charge in [-0.15, -0.1) is 45.5 Å². The zero-order valence-electron chi connectivity index (χ0n) is 19.6. The summed E-state index contributed by atoms with van der Waals surface area (Å²) < 4.78 is 2.01. The van der Waals surface area contributed by atoms with Crippen LogP contribution in [0.5, 0.6) is 0 Å². The lowest BCUT2D eigenvalue weighted by Crippen LogP contribution is -2.47. The highest BCUT2D eigenvalue weighted by molar-refractivity contribution is 14.0. The second-order valence-corrected chi connectivity index (χ2v) is 10.1. The Bertz CT molecular complexity index is 837. The molecule has 3 heterocycles. The van der Waals surface area contributed by atoms with Crippen LogP contribution in [-0.4, -0.2) is 51.3 Å². The number of nitrogens with one attached hydrogen (secondary N) is 2. The van der Waals surface area contributed by atoms with Gasteiger partial charge >= 0.3 is 0 Å². The Labute approximate surface area is 213 Å². The zero-order chi connectivity index (χ0) is 21.6. The van der Waals surface area contributed by atoms with Crippen LogP contribution in [0.2, 0.25) is 0 Å². The third-order valence-electron chi connectivity index (χ3n) is 6.85. The first kappa shape index (κ1) is 25.4. The fourth-order valence-corrected chi connectivity index (χ4v) is 5.44. The van der Waals surface area contributed by atoms with E-state index in [1.54, 1.807) is 0 Å². The minimum atomic E-state index is 0. The molecule has 178 valence electrons. The lowest BCUT2D eigenvalue weighted by Gasteiger charge is -2.36. The van der Waals surface area contributed by atoms with Gasteiger partial charge in [0, 0.05) is 24.5 Å². The molecule has 32 heavy (non-hydrogen) atoms. The highest BCUT2D eigenvalue weighted by Gasteiger charge is 2.26. The van der Waals surface area contributed by atoms with Crippen LogP contribution in [0.25, 0.3) is 0 Å². The summed E-state index contributed by atoms with van der Waals surface area (Å²) in [6.07, 6.45) is 7.63. The number of aromatic nitrogens is 3. The molecule has 2 aromatic heterocycles. The first-order valence-electron chi connectivity index (χ1n) is 11.8. The largest absolute Gasteiger partial charge is 0.354 e. The van der Waals surface area contributed by atoms with Gasteiger partial charge in [0.2, 0.25) is 0 Å². The highest BCUT2D eigenvalue weighted by atomic mass is 127. The Balaban J connectivity index is 0.00000289. The number of hydrogen-bond acceptors (Lipinski definition) is 5. The van der Waals surface area contributed by atoms with Crippen molar-refractivity contribution < 1.29 is 0 Å². The monoisotopic (exact) mass is 571 g/mol. The molecule has 0 radical (unpaired) electrons. The molecular formula is C23H38IN7S. The van der Waals surface area contributed by atoms with Crippen LogP contribution >= 0.6 is 35.3 Å². The Morgan fingerprint density at radius 3 is 2.59 bits per heavy atom. The van der Waals surface area contributed by atoms with E-state index in [0.29, 0.717) is 18.6 Å². The SMILES string of the molecule is Cc1nnc(CN=C(NCC(c2cccs2)N2CCC(C)CC2)NC2CCCC2)n1C.I. The fourth-order valence-electron chi connectivity index (χ4n) is 4.58. The number of hydrogen-bond donors (Lipinski definition) is 2. The zero-order valence-corrected chi connectivity index (χ0v) is 22.7. The van der Waals surface area contributed by atoms with Crippen molar-refractivity contribution in [1.29, 1.82) is 0 Å². The molecule has 2 fully saturated rings. The molecule has 2 aromatic rings. The first-order valence-corrected chi connectivity index (χ1v) is 12.6. The van der Waals surface area contributed by atoms with E-state index >= 15 is 0 Å². The summed E-state index contributed by atoms with van der Waals surface area (Å²) in [6, 6.07) is 5.35. The number of piperidine rings is 1. The van der Waals surface area contributed by atoms with Gasteiger partial charge in [-0.3, -0.25) is 4.90 Å². The summed E-state index contributed by atoms with van der Waals surface area (Å²) in [4.78, 5) is 8.99. The van der Waals surface area contributed by atoms with Crippen molar-refractivity contribution in [2.24, 2.45) is 18.0 Å². The third-order valence-corrected chi connectivity index (χ3v) is 7.82. The summed E-state index contributed by atoms with van der Waals surface area (Å²) in [5.41, 5.74) is 0. The van der Waals surface area contributed by atoms with Gasteiger partial charge in [-0.2, -0.15) is 0 Å². The van der Waals surface area contributed by atoms with Crippen LogP contribution < -0.4 is 10.6 Å². The standard InChI is InChI=1S/C23H37N7S.HI/c1-17-10-12-30(13-11-17)20(21-9-6-14-31-21)15-24-23(26-19-7-4-5-8-19)25-16-22-28-27-18(2)29(22)3;/h6,9,14,17,19-20H,4-5,7-8,10-13,15-16H2,1-3H3,(H2,24,25,26);1H. The normalized spacial score (nSPS) is 19.7. The number of guanidine groups is 1. The predicted molar refractivity (Wildman–Crippen MR) is 143 cm³/mol. The van der Waals surface area contributed by atoms with E-state index in [4.69, 9.17) is 4.99 Å². The molecule has 0 spiro atoms. The van der Waals surface area contributed by atoms with Crippen molar-refractivity contribution in [2.45, 2.75) is 71.0 Å². The smallest absolute Gasteiger partial charge is 0.191 e. The average Bonchev–Trinajstić information content (AvgIpc) is 3.53. The van der Waals surface area contributed by atoms with Crippen LogP contribution in [0.15, 0.2) is 22.5 Å². The molecule has 1 aliphatic heterocycles. The maximum atomic E-state index is 4.90. The van der Waals surface area contributed by atoms with Gasteiger partial charge in [-0.25, -0.2) is 4.99 Å². The van der Waals surface area contributed by atoms with Crippen molar-refractivity contribution >= 4 is 41.3 Å². The topological polar surface area (TPSA) is 70.4 Å². The molecule has 0 bridgehead atoms. The quantitative estimate of drug-likeness (QED) is 0.296. The van der Waals surface area contributed by atoms with Gasteiger partial charge in [0.1, 0.15) is 12.4 Å². The van der Waals surface area contributed by atoms with E-state index < -0.39 is 0 Å². The molecule has 0 aromatic carbocycles. The van der Waals surface area contributed by atoms with Crippen molar-refractivity contribution in [3.05, 3.63) is 34.0 Å². The Morgan fingerprint density at radius 2 is 1.97 bits per heavy atom. The Kier molecular flexibility index (Phi) is 9.78. The van der Waals surface area contributed by atoms with Gasteiger partial charge in [-0.05, 0) is 63.1 Å². The average molecular weight is 572 g/mol. The van der Waals surface area contributed by atoms with Gasteiger partial charge < -0.3 is 15.2 Å². The van der Waals surface area contributed by atoms with Crippen molar-refractivity contribution in [2.75, 3.05) is 19.6 Å². The summed E-state index contributed by atoms with van der Waals surface area (Å²) in [5.74, 6) is 3.55. The maximum Gasteiger partial charge on any atom is 0.191 e. The third kappa shape index (κ3) is 6.66. The minimum absolute atomic E-state index is 0. The summed E-state index contributed by atoms with van der Waals surface area (Å²) in [5, 5.41) is 18.0. The number of rotatable bonds is 7. The molecule has 0 amide bonds. The molecule has 1 saturated carbocycles. The number of aryl methyl sites for hydroxylation is 1. The molecule has 2 N–H and O–H groups in total. The molecule has 1 aliphatic carbocycles. The number of aliphatic imine (C=N–C) groups is 1. The fraction of sp³-hybridized carbons (Fsp3) is 0.696. The predicted octanol–water partition coefficient (Wildman–Crippen LogP) is 4.25. The van der Waals surface area contributed by atoms with Gasteiger partial charge in [0.25, 0.3) is 0 Å². The number of nitrogens with zero attached hydrogens (tertiary/aromatic N) is 5. The molecule has 1 atom stereocenters. The summed E-state index contributed by atoms with van der Waals surface area (Å²) in [6.45, 7) is 8.09. The number of likely N-dealkylation sites (tertiary alicyclic amines) is 1. The maximum absolute atomic E-state index is 4.90. The van der Waals surface area contributed by atoms with Crippen molar-refractivity contribution in [1.82, 2.24) is 30.3 Å². The molecule has 1 unspecified atom stereocenters.